The van der Waals surface area contributed by atoms with Gasteiger partial charge in [-0.2, -0.15) is 0 Å². The van der Waals surface area contributed by atoms with Crippen LogP contribution in [0.3, 0.4) is 0 Å². The van der Waals surface area contributed by atoms with Crippen molar-refractivity contribution in [2.75, 3.05) is 16.8 Å². The lowest BCUT2D eigenvalue weighted by atomic mass is 9.97. The lowest BCUT2D eigenvalue weighted by molar-refractivity contribution is -0.113. The van der Waals surface area contributed by atoms with Gasteiger partial charge in [-0.05, 0) is 49.4 Å². The highest BCUT2D eigenvalue weighted by Crippen LogP contribution is 2.38. The Hall–Kier alpha value is -2.21. The molecular formula is C18H19N5O3S3. The average Bonchev–Trinajstić information content (AvgIpc) is 3.05. The van der Waals surface area contributed by atoms with E-state index in [-0.39, 0.29) is 16.6 Å². The van der Waals surface area contributed by atoms with Gasteiger partial charge >= 0.3 is 0 Å². The van der Waals surface area contributed by atoms with E-state index in [0.29, 0.717) is 16.7 Å². The van der Waals surface area contributed by atoms with Crippen molar-refractivity contribution in [1.29, 1.82) is 0 Å². The summed E-state index contributed by atoms with van der Waals surface area (Å²) in [7, 11) is -3.83. The number of rotatable bonds is 5. The minimum atomic E-state index is -3.83. The molecular weight excluding hydrogens is 430 g/mol. The van der Waals surface area contributed by atoms with Crippen LogP contribution in [0.5, 0.6) is 0 Å². The number of nitrogens with one attached hydrogen (secondary N) is 1. The van der Waals surface area contributed by atoms with Crippen molar-refractivity contribution in [3.05, 3.63) is 34.7 Å². The van der Waals surface area contributed by atoms with Crippen LogP contribution in [-0.4, -0.2) is 30.0 Å². The molecule has 1 amide bonds. The molecule has 0 bridgehead atoms. The number of benzene rings is 1. The molecule has 0 spiro atoms. The SMILES string of the molecule is Nc1nc(SCC(=O)Nc2cccc(S(N)(=O)=O)c2)nc2sc3c(c12)CCCC3. The quantitative estimate of drug-likeness (QED) is 0.401. The fourth-order valence-corrected chi connectivity index (χ4v) is 5.85. The third-order valence-corrected chi connectivity index (χ3v) is 7.54. The number of carbonyl (C=O) groups is 1. The summed E-state index contributed by atoms with van der Waals surface area (Å²) in [5.74, 6) is 0.211. The van der Waals surface area contributed by atoms with Crippen molar-refractivity contribution in [2.45, 2.75) is 35.7 Å². The van der Waals surface area contributed by atoms with Gasteiger partial charge in [0.2, 0.25) is 15.9 Å². The number of carbonyl (C=O) groups excluding carboxylic acids is 1. The maximum Gasteiger partial charge on any atom is 0.238 e. The van der Waals surface area contributed by atoms with E-state index in [4.69, 9.17) is 10.9 Å². The molecule has 3 aromatic rings. The van der Waals surface area contributed by atoms with Crippen molar-refractivity contribution >= 4 is 60.8 Å². The summed E-state index contributed by atoms with van der Waals surface area (Å²) in [5, 5.41) is 9.17. The molecule has 0 saturated heterocycles. The maximum atomic E-state index is 12.3. The van der Waals surface area contributed by atoms with Gasteiger partial charge in [0.15, 0.2) is 5.16 Å². The van der Waals surface area contributed by atoms with E-state index in [2.05, 4.69) is 15.3 Å². The van der Waals surface area contributed by atoms with E-state index < -0.39 is 10.0 Å². The number of nitrogens with zero attached hydrogens (tertiary/aromatic N) is 2. The third-order valence-electron chi connectivity index (χ3n) is 4.60. The van der Waals surface area contributed by atoms with Gasteiger partial charge in [-0.1, -0.05) is 17.8 Å². The first-order valence-electron chi connectivity index (χ1n) is 8.94. The van der Waals surface area contributed by atoms with Crippen molar-refractivity contribution in [1.82, 2.24) is 9.97 Å². The Morgan fingerprint density at radius 3 is 2.83 bits per heavy atom. The first-order chi connectivity index (χ1) is 13.8. The van der Waals surface area contributed by atoms with Crippen molar-refractivity contribution in [3.8, 4) is 0 Å². The van der Waals surface area contributed by atoms with Crippen LogP contribution in [0, 0.1) is 0 Å². The zero-order valence-corrected chi connectivity index (χ0v) is 17.8. The van der Waals surface area contributed by atoms with E-state index in [1.165, 1.54) is 46.8 Å². The molecule has 1 aliphatic carbocycles. The lowest BCUT2D eigenvalue weighted by Gasteiger charge is -2.10. The van der Waals surface area contributed by atoms with Gasteiger partial charge in [-0.25, -0.2) is 23.5 Å². The number of nitrogen functional groups attached to an aromatic ring is 1. The number of thioether (sulfide) groups is 1. The predicted molar refractivity (Wildman–Crippen MR) is 116 cm³/mol. The minimum Gasteiger partial charge on any atom is -0.383 e. The summed E-state index contributed by atoms with van der Waals surface area (Å²) in [6.07, 6.45) is 4.40. The summed E-state index contributed by atoms with van der Waals surface area (Å²) in [4.78, 5) is 23.3. The number of anilines is 2. The van der Waals surface area contributed by atoms with Crippen LogP contribution in [0.15, 0.2) is 34.3 Å². The average molecular weight is 450 g/mol. The molecule has 11 heteroatoms. The van der Waals surface area contributed by atoms with Crippen molar-refractivity contribution < 1.29 is 13.2 Å². The monoisotopic (exact) mass is 449 g/mol. The Morgan fingerprint density at radius 2 is 2.03 bits per heavy atom. The molecule has 0 radical (unpaired) electrons. The molecule has 2 aromatic heterocycles. The summed E-state index contributed by atoms with van der Waals surface area (Å²) in [6.45, 7) is 0. The van der Waals surface area contributed by atoms with Crippen LogP contribution in [0.25, 0.3) is 10.2 Å². The van der Waals surface area contributed by atoms with Crippen LogP contribution in [0.4, 0.5) is 11.5 Å². The Bertz CT molecular complexity index is 1210. The number of hydrogen-bond acceptors (Lipinski definition) is 8. The number of aromatic nitrogens is 2. The molecule has 1 aliphatic rings. The van der Waals surface area contributed by atoms with Crippen LogP contribution in [0.1, 0.15) is 23.3 Å². The zero-order chi connectivity index (χ0) is 20.6. The fraction of sp³-hybridized carbons (Fsp3) is 0.278. The number of hydrogen-bond donors (Lipinski definition) is 3. The van der Waals surface area contributed by atoms with Crippen LogP contribution >= 0.6 is 23.1 Å². The van der Waals surface area contributed by atoms with Crippen LogP contribution in [-0.2, 0) is 27.7 Å². The molecule has 0 atom stereocenters. The molecule has 8 nitrogen and oxygen atoms in total. The molecule has 0 fully saturated rings. The number of primary sulfonamides is 1. The zero-order valence-electron chi connectivity index (χ0n) is 15.3. The number of nitrogens with two attached hydrogens (primary N) is 2. The largest absolute Gasteiger partial charge is 0.383 e. The molecule has 0 unspecified atom stereocenters. The molecule has 29 heavy (non-hydrogen) atoms. The van der Waals surface area contributed by atoms with Crippen LogP contribution in [0.2, 0.25) is 0 Å². The summed E-state index contributed by atoms with van der Waals surface area (Å²) in [6, 6.07) is 5.79. The summed E-state index contributed by atoms with van der Waals surface area (Å²) >= 11 is 2.84. The van der Waals surface area contributed by atoms with E-state index >= 15 is 0 Å². The Labute approximate surface area is 176 Å². The van der Waals surface area contributed by atoms with E-state index in [1.54, 1.807) is 17.4 Å². The molecule has 4 rings (SSSR count). The Kier molecular flexibility index (Phi) is 5.47. The number of amides is 1. The maximum absolute atomic E-state index is 12.3. The molecule has 1 aromatic carbocycles. The van der Waals surface area contributed by atoms with Crippen molar-refractivity contribution in [2.24, 2.45) is 5.14 Å². The molecule has 0 aliphatic heterocycles. The molecule has 152 valence electrons. The van der Waals surface area contributed by atoms with Gasteiger partial charge in [-0.15, -0.1) is 11.3 Å². The number of thiophene rings is 1. The summed E-state index contributed by atoms with van der Waals surface area (Å²) < 4.78 is 22.9. The van der Waals surface area contributed by atoms with Crippen molar-refractivity contribution in [3.63, 3.8) is 0 Å². The third kappa shape index (κ3) is 4.37. The minimum absolute atomic E-state index is 0.0637. The van der Waals surface area contributed by atoms with Gasteiger partial charge in [0, 0.05) is 10.6 Å². The number of aryl methyl sites for hydroxylation is 2. The second-order valence-electron chi connectivity index (χ2n) is 6.69. The van der Waals surface area contributed by atoms with Gasteiger partial charge in [-0.3, -0.25) is 4.79 Å². The number of sulfonamides is 1. The second-order valence-corrected chi connectivity index (χ2v) is 10.3. The highest BCUT2D eigenvalue weighted by molar-refractivity contribution is 7.99. The normalized spacial score (nSPS) is 14.0. The van der Waals surface area contributed by atoms with Gasteiger partial charge < -0.3 is 11.1 Å². The standard InChI is InChI=1S/C18H19N5O3S3/c19-16-15-12-6-1-2-7-13(12)28-17(15)23-18(22-16)27-9-14(24)21-10-4-3-5-11(8-10)29(20,25)26/h3-5,8H,1-2,6-7,9H2,(H,21,24)(H2,19,22,23)(H2,20,25,26). The Morgan fingerprint density at radius 1 is 1.24 bits per heavy atom. The number of fused-ring (bicyclic) bond motifs is 3. The fourth-order valence-electron chi connectivity index (χ4n) is 3.31. The Balaban J connectivity index is 1.46. The van der Waals surface area contributed by atoms with Gasteiger partial charge in [0.1, 0.15) is 10.6 Å². The smallest absolute Gasteiger partial charge is 0.238 e. The molecule has 0 saturated carbocycles. The first kappa shape index (κ1) is 20.1. The molecule has 5 N–H and O–H groups in total. The van der Waals surface area contributed by atoms with Gasteiger partial charge in [0.25, 0.3) is 0 Å². The molecule has 2 heterocycles. The highest BCUT2D eigenvalue weighted by Gasteiger charge is 2.20. The van der Waals surface area contributed by atoms with E-state index in [9.17, 15) is 13.2 Å². The lowest BCUT2D eigenvalue weighted by Crippen LogP contribution is -2.16. The second kappa shape index (κ2) is 7.90. The highest BCUT2D eigenvalue weighted by atomic mass is 32.2. The van der Waals surface area contributed by atoms with E-state index in [0.717, 1.165) is 29.5 Å². The van der Waals surface area contributed by atoms with Gasteiger partial charge in [0.05, 0.1) is 16.0 Å². The van der Waals surface area contributed by atoms with E-state index in [1.807, 2.05) is 0 Å². The van der Waals surface area contributed by atoms with Crippen LogP contribution < -0.4 is 16.2 Å². The predicted octanol–water partition coefficient (Wildman–Crippen LogP) is 2.53. The topological polar surface area (TPSA) is 141 Å². The first-order valence-corrected chi connectivity index (χ1v) is 12.3. The summed E-state index contributed by atoms with van der Waals surface area (Å²) in [5.41, 5.74) is 7.81.